The predicted molar refractivity (Wildman–Crippen MR) is 121 cm³/mol. The van der Waals surface area contributed by atoms with Gasteiger partial charge >= 0.3 is 6.18 Å². The first kappa shape index (κ1) is 24.5. The molecule has 0 spiro atoms. The molecule has 0 aliphatic carbocycles. The highest BCUT2D eigenvalue weighted by molar-refractivity contribution is 5.94. The number of pyridine rings is 1. The van der Waals surface area contributed by atoms with Crippen molar-refractivity contribution in [1.82, 2.24) is 24.9 Å². The van der Waals surface area contributed by atoms with E-state index >= 15 is 0 Å². The second-order valence-electron chi connectivity index (χ2n) is 9.38. The molecule has 2 aliphatic rings. The Hall–Kier alpha value is -2.62. The van der Waals surface area contributed by atoms with Gasteiger partial charge in [-0.15, -0.1) is 0 Å². The lowest BCUT2D eigenvalue weighted by atomic mass is 9.83. The summed E-state index contributed by atoms with van der Waals surface area (Å²) >= 11 is 0. The molecule has 0 saturated carbocycles. The summed E-state index contributed by atoms with van der Waals surface area (Å²) in [6.45, 7) is 2.04. The molecule has 4 rings (SSSR count). The van der Waals surface area contributed by atoms with Crippen LogP contribution in [0.3, 0.4) is 0 Å². The predicted octanol–water partition coefficient (Wildman–Crippen LogP) is 3.26. The van der Waals surface area contributed by atoms with Gasteiger partial charge in [0.25, 0.3) is 5.91 Å². The zero-order chi connectivity index (χ0) is 24.1. The Labute approximate surface area is 197 Å². The fourth-order valence-electron chi connectivity index (χ4n) is 5.10. The second kappa shape index (κ2) is 10.8. The Kier molecular flexibility index (Phi) is 7.75. The molecule has 2 aromatic rings. The van der Waals surface area contributed by atoms with Crippen molar-refractivity contribution in [2.75, 3.05) is 32.7 Å². The number of alkyl halides is 3. The zero-order valence-corrected chi connectivity index (χ0v) is 19.2. The van der Waals surface area contributed by atoms with E-state index in [0.29, 0.717) is 37.7 Å². The van der Waals surface area contributed by atoms with E-state index < -0.39 is 18.0 Å². The van der Waals surface area contributed by atoms with Gasteiger partial charge in [0, 0.05) is 44.8 Å². The lowest BCUT2D eigenvalue weighted by Crippen LogP contribution is -2.52. The molecule has 0 bridgehead atoms. The average molecular weight is 480 g/mol. The number of imidazole rings is 1. The van der Waals surface area contributed by atoms with Crippen molar-refractivity contribution in [2.24, 2.45) is 17.8 Å². The van der Waals surface area contributed by atoms with Gasteiger partial charge in [-0.05, 0) is 50.3 Å². The van der Waals surface area contributed by atoms with E-state index in [0.717, 1.165) is 37.8 Å². The number of amides is 2. The summed E-state index contributed by atoms with van der Waals surface area (Å²) in [7, 11) is 0. The molecule has 7 nitrogen and oxygen atoms in total. The number of rotatable bonds is 7. The van der Waals surface area contributed by atoms with Gasteiger partial charge in [0.1, 0.15) is 5.65 Å². The van der Waals surface area contributed by atoms with Gasteiger partial charge in [0.15, 0.2) is 0 Å². The van der Waals surface area contributed by atoms with Crippen LogP contribution in [0.25, 0.3) is 5.65 Å². The maximum absolute atomic E-state index is 13.3. The van der Waals surface area contributed by atoms with Crippen LogP contribution in [0.15, 0.2) is 30.7 Å². The van der Waals surface area contributed by atoms with Crippen LogP contribution in [0.5, 0.6) is 0 Å². The number of hydrogen-bond donors (Lipinski definition) is 2. The van der Waals surface area contributed by atoms with E-state index in [4.69, 9.17) is 0 Å². The molecule has 2 N–H and O–H groups in total. The Morgan fingerprint density at radius 2 is 1.94 bits per heavy atom. The van der Waals surface area contributed by atoms with Crippen LogP contribution in [0.1, 0.15) is 48.9 Å². The Balaban J connectivity index is 1.14. The van der Waals surface area contributed by atoms with Crippen molar-refractivity contribution in [1.29, 1.82) is 0 Å². The molecule has 10 heteroatoms. The molecule has 2 aromatic heterocycles. The number of unbranched alkanes of at least 4 members (excludes halogenated alkanes) is 1. The van der Waals surface area contributed by atoms with Crippen LogP contribution in [0, 0.1) is 17.8 Å². The minimum Gasteiger partial charge on any atom is -0.352 e. The highest BCUT2D eigenvalue weighted by Crippen LogP contribution is 2.37. The van der Waals surface area contributed by atoms with Crippen molar-refractivity contribution in [2.45, 2.75) is 44.7 Å². The lowest BCUT2D eigenvalue weighted by Gasteiger charge is -2.38. The van der Waals surface area contributed by atoms with Crippen molar-refractivity contribution >= 4 is 17.5 Å². The molecule has 186 valence electrons. The summed E-state index contributed by atoms with van der Waals surface area (Å²) < 4.78 is 41.9. The van der Waals surface area contributed by atoms with Gasteiger partial charge in [-0.1, -0.05) is 12.8 Å². The quantitative estimate of drug-likeness (QED) is 0.598. The minimum atomic E-state index is -4.33. The molecule has 4 heterocycles. The molecule has 2 unspecified atom stereocenters. The normalized spacial score (nSPS) is 22.1. The minimum absolute atomic E-state index is 0.0366. The molecular weight excluding hydrogens is 447 g/mol. The third kappa shape index (κ3) is 5.89. The average Bonchev–Trinajstić information content (AvgIpc) is 3.31. The molecule has 2 saturated heterocycles. The van der Waals surface area contributed by atoms with Crippen molar-refractivity contribution in [3.63, 3.8) is 0 Å². The number of hydrogen-bond acceptors (Lipinski definition) is 4. The fourth-order valence-corrected chi connectivity index (χ4v) is 5.10. The molecule has 2 amide bonds. The largest absolute Gasteiger partial charge is 0.392 e. The Bertz CT molecular complexity index is 984. The number of carbonyl (C=O) groups is 2. The number of piperidine rings is 2. The third-order valence-electron chi connectivity index (χ3n) is 7.12. The highest BCUT2D eigenvalue weighted by atomic mass is 19.4. The Morgan fingerprint density at radius 3 is 2.71 bits per heavy atom. The first-order valence-corrected chi connectivity index (χ1v) is 12.1. The first-order valence-electron chi connectivity index (χ1n) is 12.1. The molecule has 2 aliphatic heterocycles. The van der Waals surface area contributed by atoms with Crippen LogP contribution >= 0.6 is 0 Å². The number of aromatic nitrogens is 2. The van der Waals surface area contributed by atoms with E-state index in [9.17, 15) is 22.8 Å². The lowest BCUT2D eigenvalue weighted by molar-refractivity contribution is -0.199. The van der Waals surface area contributed by atoms with E-state index in [2.05, 4.69) is 15.6 Å². The molecule has 2 atom stereocenters. The highest BCUT2D eigenvalue weighted by Gasteiger charge is 2.49. The SMILES string of the molecule is O=C(NCCCCC1CCN(C(=O)C2CNCCC2C(F)(F)F)CC1)c1ccc2nccn2c1. The zero-order valence-electron chi connectivity index (χ0n) is 19.2. The van der Waals surface area contributed by atoms with Crippen LogP contribution in [-0.4, -0.2) is 65.0 Å². The third-order valence-corrected chi connectivity index (χ3v) is 7.12. The van der Waals surface area contributed by atoms with Gasteiger partial charge in [-0.2, -0.15) is 13.2 Å². The summed E-state index contributed by atoms with van der Waals surface area (Å²) in [6, 6.07) is 3.56. The van der Waals surface area contributed by atoms with Crippen molar-refractivity contribution in [3.05, 3.63) is 36.3 Å². The Morgan fingerprint density at radius 1 is 1.15 bits per heavy atom. The van der Waals surface area contributed by atoms with Crippen LogP contribution in [0.4, 0.5) is 13.2 Å². The first-order chi connectivity index (χ1) is 16.3. The van der Waals surface area contributed by atoms with Gasteiger partial charge in [0.05, 0.1) is 17.4 Å². The standard InChI is InChI=1S/C24H32F3N5O2/c25-24(26,27)20-6-10-28-15-19(20)23(34)31-12-7-17(8-13-31)3-1-2-9-30-22(33)18-4-5-21-29-11-14-32(21)16-18/h4-5,11,14,16-17,19-20,28H,1-3,6-10,12-13,15H2,(H,30,33). The number of likely N-dealkylation sites (tertiary alicyclic amines) is 1. The van der Waals surface area contributed by atoms with Gasteiger partial charge in [-0.3, -0.25) is 9.59 Å². The number of fused-ring (bicyclic) bond motifs is 1. The van der Waals surface area contributed by atoms with Crippen molar-refractivity contribution in [3.8, 4) is 0 Å². The van der Waals surface area contributed by atoms with Crippen molar-refractivity contribution < 1.29 is 22.8 Å². The summed E-state index contributed by atoms with van der Waals surface area (Å²) in [5.41, 5.74) is 1.38. The summed E-state index contributed by atoms with van der Waals surface area (Å²) in [5.74, 6) is -2.56. The van der Waals surface area contributed by atoms with Crippen LogP contribution in [0.2, 0.25) is 0 Å². The monoisotopic (exact) mass is 479 g/mol. The van der Waals surface area contributed by atoms with Gasteiger partial charge in [-0.25, -0.2) is 4.98 Å². The number of nitrogens with zero attached hydrogens (tertiary/aromatic N) is 3. The molecule has 0 aromatic carbocycles. The van der Waals surface area contributed by atoms with Gasteiger partial charge < -0.3 is 19.9 Å². The molecular formula is C24H32F3N5O2. The van der Waals surface area contributed by atoms with E-state index in [1.165, 1.54) is 0 Å². The van der Waals surface area contributed by atoms with Crippen LogP contribution in [-0.2, 0) is 4.79 Å². The van der Waals surface area contributed by atoms with E-state index in [-0.39, 0.29) is 24.8 Å². The summed E-state index contributed by atoms with van der Waals surface area (Å²) in [5, 5.41) is 5.89. The second-order valence-corrected chi connectivity index (χ2v) is 9.38. The maximum atomic E-state index is 13.3. The van der Waals surface area contributed by atoms with E-state index in [1.54, 1.807) is 40.0 Å². The smallest absolute Gasteiger partial charge is 0.352 e. The molecule has 2 fully saturated rings. The fraction of sp³-hybridized carbons (Fsp3) is 0.625. The topological polar surface area (TPSA) is 78.7 Å². The van der Waals surface area contributed by atoms with E-state index in [1.807, 2.05) is 0 Å². The summed E-state index contributed by atoms with van der Waals surface area (Å²) in [4.78, 5) is 30.9. The van der Waals surface area contributed by atoms with Gasteiger partial charge in [0.2, 0.25) is 5.91 Å². The maximum Gasteiger partial charge on any atom is 0.392 e. The van der Waals surface area contributed by atoms with Crippen LogP contribution < -0.4 is 10.6 Å². The number of halogens is 3. The molecule has 34 heavy (non-hydrogen) atoms. The number of nitrogens with one attached hydrogen (secondary N) is 2. The molecule has 0 radical (unpaired) electrons. The number of carbonyl (C=O) groups excluding carboxylic acids is 2. The summed E-state index contributed by atoms with van der Waals surface area (Å²) in [6.07, 6.45) is 5.33.